The summed E-state index contributed by atoms with van der Waals surface area (Å²) in [5.74, 6) is -0.142. The molecule has 2 bridgehead atoms. The number of hydrogen-bond acceptors (Lipinski definition) is 6. The molecule has 31 heavy (non-hydrogen) atoms. The molecule has 2 atom stereocenters. The van der Waals surface area contributed by atoms with Gasteiger partial charge in [-0.05, 0) is 30.7 Å². The molecular weight excluding hydrogens is 458 g/mol. The maximum absolute atomic E-state index is 12.9. The van der Waals surface area contributed by atoms with Crippen LogP contribution in [0.25, 0.3) is 5.57 Å². The van der Waals surface area contributed by atoms with E-state index in [1.165, 1.54) is 6.42 Å². The number of carbonyl (C=O) groups excluding carboxylic acids is 1. The number of amides is 1. The fourth-order valence-corrected chi connectivity index (χ4v) is 5.34. The van der Waals surface area contributed by atoms with Crippen LogP contribution in [-0.2, 0) is 9.63 Å². The maximum atomic E-state index is 12.9. The number of carbonyl (C=O) groups is 1. The highest BCUT2D eigenvalue weighted by atomic mass is 79.9. The van der Waals surface area contributed by atoms with Gasteiger partial charge in [0.15, 0.2) is 0 Å². The largest absolute Gasteiger partial charge is 0.394 e. The fourth-order valence-electron chi connectivity index (χ4n) is 4.98. The first-order chi connectivity index (χ1) is 15.2. The van der Waals surface area contributed by atoms with Crippen molar-refractivity contribution in [1.29, 1.82) is 0 Å². The number of benzene rings is 2. The van der Waals surface area contributed by atoms with Crippen molar-refractivity contribution in [2.24, 2.45) is 5.16 Å². The lowest BCUT2D eigenvalue weighted by Crippen LogP contribution is -2.44. The van der Waals surface area contributed by atoms with E-state index < -0.39 is 0 Å². The van der Waals surface area contributed by atoms with E-state index in [1.807, 2.05) is 42.5 Å². The van der Waals surface area contributed by atoms with Crippen LogP contribution in [0.15, 0.2) is 57.8 Å². The van der Waals surface area contributed by atoms with Crippen molar-refractivity contribution in [1.82, 2.24) is 10.2 Å². The first kappa shape index (κ1) is 19.0. The lowest BCUT2D eigenvalue weighted by atomic mass is 10.0. The third kappa shape index (κ3) is 3.26. The highest BCUT2D eigenvalue weighted by Gasteiger charge is 2.37. The van der Waals surface area contributed by atoms with Crippen molar-refractivity contribution in [3.8, 4) is 0 Å². The monoisotopic (exact) mass is 479 g/mol. The first-order valence-electron chi connectivity index (χ1n) is 10.6. The predicted octanol–water partition coefficient (Wildman–Crippen LogP) is 3.00. The van der Waals surface area contributed by atoms with Crippen LogP contribution in [-0.4, -0.2) is 54.8 Å². The van der Waals surface area contributed by atoms with Gasteiger partial charge in [0.05, 0.1) is 11.3 Å². The molecule has 6 rings (SSSR count). The SMILES string of the molecule is O=C1Nc2ccc(Br)cc2/C1=C1/Nc2ccccc2/C1=N\OCCN1C[C@H]2C[C@@H]1CN2. The Balaban J connectivity index is 1.31. The van der Waals surface area contributed by atoms with Crippen LogP contribution >= 0.6 is 15.9 Å². The number of anilines is 2. The molecule has 0 aliphatic carbocycles. The van der Waals surface area contributed by atoms with Gasteiger partial charge in [-0.2, -0.15) is 0 Å². The van der Waals surface area contributed by atoms with E-state index in [9.17, 15) is 4.79 Å². The maximum Gasteiger partial charge on any atom is 0.258 e. The smallest absolute Gasteiger partial charge is 0.258 e. The summed E-state index contributed by atoms with van der Waals surface area (Å²) < 4.78 is 0.917. The zero-order chi connectivity index (χ0) is 20.9. The van der Waals surface area contributed by atoms with Crippen molar-refractivity contribution in [3.05, 3.63) is 63.8 Å². The number of nitrogens with one attached hydrogen (secondary N) is 3. The minimum Gasteiger partial charge on any atom is -0.394 e. The van der Waals surface area contributed by atoms with Gasteiger partial charge >= 0.3 is 0 Å². The summed E-state index contributed by atoms with van der Waals surface area (Å²) in [6, 6.07) is 14.9. The van der Waals surface area contributed by atoms with Crippen LogP contribution in [0.4, 0.5) is 11.4 Å². The van der Waals surface area contributed by atoms with E-state index in [4.69, 9.17) is 4.84 Å². The summed E-state index contributed by atoms with van der Waals surface area (Å²) in [5, 5.41) is 14.4. The third-order valence-electron chi connectivity index (χ3n) is 6.45. The topological polar surface area (TPSA) is 78.0 Å². The lowest BCUT2D eigenvalue weighted by molar-refractivity contribution is -0.110. The van der Waals surface area contributed by atoms with Crippen molar-refractivity contribution in [2.75, 3.05) is 36.9 Å². The first-order valence-corrected chi connectivity index (χ1v) is 11.4. The number of nitrogens with zero attached hydrogens (tertiary/aromatic N) is 2. The lowest BCUT2D eigenvalue weighted by Gasteiger charge is -2.26. The normalized spacial score (nSPS) is 27.4. The van der Waals surface area contributed by atoms with Gasteiger partial charge in [0.1, 0.15) is 12.3 Å². The molecule has 4 aliphatic heterocycles. The Morgan fingerprint density at radius 3 is 2.84 bits per heavy atom. The van der Waals surface area contributed by atoms with Gasteiger partial charge in [0.25, 0.3) is 5.91 Å². The molecule has 8 heteroatoms. The molecule has 0 aromatic heterocycles. The second-order valence-electron chi connectivity index (χ2n) is 8.33. The Bertz CT molecular complexity index is 1140. The zero-order valence-electron chi connectivity index (χ0n) is 16.8. The summed E-state index contributed by atoms with van der Waals surface area (Å²) >= 11 is 3.52. The Morgan fingerprint density at radius 2 is 2.00 bits per heavy atom. The van der Waals surface area contributed by atoms with Crippen LogP contribution in [0.5, 0.6) is 0 Å². The van der Waals surface area contributed by atoms with E-state index in [0.717, 1.165) is 46.6 Å². The molecule has 3 N–H and O–H groups in total. The van der Waals surface area contributed by atoms with Crippen molar-refractivity contribution in [3.63, 3.8) is 0 Å². The van der Waals surface area contributed by atoms with Gasteiger partial charge < -0.3 is 20.8 Å². The van der Waals surface area contributed by atoms with Gasteiger partial charge in [0, 0.05) is 58.7 Å². The average Bonchev–Trinajstić information content (AvgIpc) is 3.52. The van der Waals surface area contributed by atoms with Gasteiger partial charge in [0.2, 0.25) is 0 Å². The highest BCUT2D eigenvalue weighted by molar-refractivity contribution is 9.10. The summed E-state index contributed by atoms with van der Waals surface area (Å²) in [6.07, 6.45) is 1.23. The number of fused-ring (bicyclic) bond motifs is 4. The minimum atomic E-state index is -0.142. The molecule has 0 radical (unpaired) electrons. The van der Waals surface area contributed by atoms with Crippen LogP contribution in [0.2, 0.25) is 0 Å². The van der Waals surface area contributed by atoms with Crippen LogP contribution in [0, 0.1) is 0 Å². The van der Waals surface area contributed by atoms with Crippen molar-refractivity contribution in [2.45, 2.75) is 18.5 Å². The van der Waals surface area contributed by atoms with E-state index in [0.29, 0.717) is 35.7 Å². The van der Waals surface area contributed by atoms with Gasteiger partial charge in [-0.25, -0.2) is 0 Å². The Morgan fingerprint density at radius 1 is 1.13 bits per heavy atom. The highest BCUT2D eigenvalue weighted by Crippen LogP contribution is 2.40. The number of para-hydroxylation sites is 1. The van der Waals surface area contributed by atoms with Gasteiger partial charge in [-0.15, -0.1) is 0 Å². The van der Waals surface area contributed by atoms with E-state index in [-0.39, 0.29) is 5.91 Å². The summed E-state index contributed by atoms with van der Waals surface area (Å²) in [5.41, 5.74) is 5.43. The van der Waals surface area contributed by atoms with E-state index >= 15 is 0 Å². The Labute approximate surface area is 188 Å². The molecule has 4 heterocycles. The quantitative estimate of drug-likeness (QED) is 0.357. The van der Waals surface area contributed by atoms with Crippen LogP contribution < -0.4 is 16.0 Å². The summed E-state index contributed by atoms with van der Waals surface area (Å²) in [6.45, 7) is 3.52. The van der Waals surface area contributed by atoms with Gasteiger partial charge in [-0.1, -0.05) is 39.3 Å². The number of allylic oxidation sites excluding steroid dienone is 1. The predicted molar refractivity (Wildman–Crippen MR) is 124 cm³/mol. The van der Waals surface area contributed by atoms with Crippen molar-refractivity contribution < 1.29 is 9.63 Å². The Hall–Kier alpha value is -2.68. The van der Waals surface area contributed by atoms with Crippen LogP contribution in [0.3, 0.4) is 0 Å². The summed E-state index contributed by atoms with van der Waals surface area (Å²) in [7, 11) is 0. The number of hydrogen-bond donors (Lipinski definition) is 3. The van der Waals surface area contributed by atoms with Gasteiger partial charge in [-0.3, -0.25) is 9.69 Å². The molecular formula is C23H22BrN5O2. The number of rotatable bonds is 4. The number of piperazine rings is 1. The average molecular weight is 480 g/mol. The third-order valence-corrected chi connectivity index (χ3v) is 6.94. The van der Waals surface area contributed by atoms with E-state index in [2.05, 4.69) is 41.9 Å². The fraction of sp³-hybridized carbons (Fsp3) is 0.304. The minimum absolute atomic E-state index is 0.142. The molecule has 0 unspecified atom stereocenters. The number of likely N-dealkylation sites (tertiary alicyclic amines) is 1. The van der Waals surface area contributed by atoms with Crippen LogP contribution in [0.1, 0.15) is 17.5 Å². The number of halogens is 1. The second-order valence-corrected chi connectivity index (χ2v) is 9.24. The summed E-state index contributed by atoms with van der Waals surface area (Å²) in [4.78, 5) is 21.1. The number of oxime groups is 1. The molecule has 7 nitrogen and oxygen atoms in total. The molecule has 2 aromatic rings. The van der Waals surface area contributed by atoms with Crippen molar-refractivity contribution >= 4 is 44.5 Å². The molecule has 1 amide bonds. The molecule has 0 spiro atoms. The second kappa shape index (κ2) is 7.47. The molecule has 2 aromatic carbocycles. The molecule has 2 saturated heterocycles. The molecule has 4 aliphatic rings. The zero-order valence-corrected chi connectivity index (χ0v) is 18.4. The molecule has 158 valence electrons. The Kier molecular flexibility index (Phi) is 4.59. The van der Waals surface area contributed by atoms with E-state index in [1.54, 1.807) is 0 Å². The molecule has 0 saturated carbocycles. The molecule has 2 fully saturated rings. The standard InChI is InChI=1S/C23H22BrN5O2/c24-13-5-6-19-17(9-13)20(23(30)27-19)22-21(16-3-1-2-4-18(16)26-22)28-31-8-7-29-12-14-10-15(29)11-25-14/h1-6,9,14-15,25-26H,7-8,10-12H2,(H,27,30)/b22-20-,28-21+/t14-,15-/m1/s1.